The fourth-order valence-corrected chi connectivity index (χ4v) is 1.69. The van der Waals surface area contributed by atoms with E-state index in [-0.39, 0.29) is 11.9 Å². The van der Waals surface area contributed by atoms with E-state index in [1.165, 1.54) is 6.07 Å². The lowest BCUT2D eigenvalue weighted by Gasteiger charge is -2.10. The fourth-order valence-electron chi connectivity index (χ4n) is 1.69. The molecule has 0 atom stereocenters. The standard InChI is InChI=1S/C14H19F3N2O/c1-10(2)19-13(20)6-7-18-9-11-4-3-5-12(8-11)14(15,16)17/h3-5,8,10,18H,6-7,9H2,1-2H3,(H,19,20). The zero-order valence-electron chi connectivity index (χ0n) is 11.6. The van der Waals surface area contributed by atoms with Gasteiger partial charge in [-0.15, -0.1) is 0 Å². The van der Waals surface area contributed by atoms with Crippen LogP contribution in [0.25, 0.3) is 0 Å². The van der Waals surface area contributed by atoms with Crippen molar-refractivity contribution in [3.05, 3.63) is 35.4 Å². The van der Waals surface area contributed by atoms with Crippen molar-refractivity contribution in [2.24, 2.45) is 0 Å². The van der Waals surface area contributed by atoms with Crippen LogP contribution in [0.4, 0.5) is 13.2 Å². The van der Waals surface area contributed by atoms with Gasteiger partial charge in [-0.05, 0) is 25.5 Å². The van der Waals surface area contributed by atoms with Crippen molar-refractivity contribution in [2.45, 2.75) is 39.0 Å². The van der Waals surface area contributed by atoms with Crippen molar-refractivity contribution in [1.82, 2.24) is 10.6 Å². The Labute approximate surface area is 116 Å². The Morgan fingerprint density at radius 1 is 1.30 bits per heavy atom. The highest BCUT2D eigenvalue weighted by Gasteiger charge is 2.30. The Morgan fingerprint density at radius 2 is 2.00 bits per heavy atom. The summed E-state index contributed by atoms with van der Waals surface area (Å²) in [6.07, 6.45) is -4.02. The van der Waals surface area contributed by atoms with Crippen molar-refractivity contribution >= 4 is 5.91 Å². The summed E-state index contributed by atoms with van der Waals surface area (Å²) in [7, 11) is 0. The number of alkyl halides is 3. The van der Waals surface area contributed by atoms with E-state index < -0.39 is 11.7 Å². The first kappa shape index (κ1) is 16.5. The Balaban J connectivity index is 2.38. The second-order valence-electron chi connectivity index (χ2n) is 4.85. The zero-order valence-corrected chi connectivity index (χ0v) is 11.6. The molecular formula is C14H19F3N2O. The van der Waals surface area contributed by atoms with Gasteiger partial charge in [-0.2, -0.15) is 13.2 Å². The van der Waals surface area contributed by atoms with E-state index in [0.717, 1.165) is 12.1 Å². The molecule has 0 unspecified atom stereocenters. The quantitative estimate of drug-likeness (QED) is 0.790. The molecule has 1 aromatic carbocycles. The second kappa shape index (κ2) is 7.28. The average molecular weight is 288 g/mol. The van der Waals surface area contributed by atoms with Crippen molar-refractivity contribution in [3.8, 4) is 0 Å². The van der Waals surface area contributed by atoms with Crippen molar-refractivity contribution in [1.29, 1.82) is 0 Å². The van der Waals surface area contributed by atoms with Crippen LogP contribution in [0.1, 0.15) is 31.4 Å². The van der Waals surface area contributed by atoms with E-state index in [0.29, 0.717) is 25.1 Å². The number of rotatable bonds is 6. The van der Waals surface area contributed by atoms with Gasteiger partial charge in [0.1, 0.15) is 0 Å². The monoisotopic (exact) mass is 288 g/mol. The highest BCUT2D eigenvalue weighted by Crippen LogP contribution is 2.29. The van der Waals surface area contributed by atoms with E-state index in [2.05, 4.69) is 10.6 Å². The predicted octanol–water partition coefficient (Wildman–Crippen LogP) is 2.71. The van der Waals surface area contributed by atoms with Gasteiger partial charge >= 0.3 is 6.18 Å². The summed E-state index contributed by atoms with van der Waals surface area (Å²) in [5, 5.41) is 5.70. The predicted molar refractivity (Wildman–Crippen MR) is 71.0 cm³/mol. The van der Waals surface area contributed by atoms with Gasteiger partial charge in [0.2, 0.25) is 5.91 Å². The number of carbonyl (C=O) groups excluding carboxylic acids is 1. The fraction of sp³-hybridized carbons (Fsp3) is 0.500. The SMILES string of the molecule is CC(C)NC(=O)CCNCc1cccc(C(F)(F)F)c1. The maximum absolute atomic E-state index is 12.5. The van der Waals surface area contributed by atoms with Crippen LogP contribution in [0.3, 0.4) is 0 Å². The minimum Gasteiger partial charge on any atom is -0.354 e. The average Bonchev–Trinajstić information content (AvgIpc) is 2.33. The first-order valence-corrected chi connectivity index (χ1v) is 6.45. The summed E-state index contributed by atoms with van der Waals surface area (Å²) in [5.74, 6) is -0.0726. The summed E-state index contributed by atoms with van der Waals surface area (Å²) < 4.78 is 37.5. The lowest BCUT2D eigenvalue weighted by Crippen LogP contribution is -2.32. The lowest BCUT2D eigenvalue weighted by atomic mass is 10.1. The Hall–Kier alpha value is -1.56. The molecule has 1 amide bonds. The molecule has 0 heterocycles. The Kier molecular flexibility index (Phi) is 6.01. The normalized spacial score (nSPS) is 11.7. The molecular weight excluding hydrogens is 269 g/mol. The molecule has 1 aromatic rings. The number of hydrogen-bond acceptors (Lipinski definition) is 2. The number of nitrogens with one attached hydrogen (secondary N) is 2. The molecule has 0 fully saturated rings. The number of halogens is 3. The largest absolute Gasteiger partial charge is 0.416 e. The van der Waals surface area contributed by atoms with E-state index in [1.807, 2.05) is 13.8 Å². The van der Waals surface area contributed by atoms with Crippen LogP contribution in [-0.2, 0) is 17.5 Å². The molecule has 0 bridgehead atoms. The van der Waals surface area contributed by atoms with Gasteiger partial charge in [-0.1, -0.05) is 18.2 Å². The van der Waals surface area contributed by atoms with Crippen LogP contribution < -0.4 is 10.6 Å². The molecule has 0 aliphatic carbocycles. The third-order valence-electron chi connectivity index (χ3n) is 2.56. The summed E-state index contributed by atoms with van der Waals surface area (Å²) >= 11 is 0. The van der Waals surface area contributed by atoms with Crippen LogP contribution in [0.2, 0.25) is 0 Å². The van der Waals surface area contributed by atoms with E-state index >= 15 is 0 Å². The molecule has 0 saturated carbocycles. The smallest absolute Gasteiger partial charge is 0.354 e. The zero-order chi connectivity index (χ0) is 15.2. The summed E-state index contributed by atoms with van der Waals surface area (Å²) in [5.41, 5.74) is -0.113. The van der Waals surface area contributed by atoms with Crippen molar-refractivity contribution < 1.29 is 18.0 Å². The van der Waals surface area contributed by atoms with Gasteiger partial charge in [-0.25, -0.2) is 0 Å². The minimum atomic E-state index is -4.33. The molecule has 0 saturated heterocycles. The molecule has 1 rings (SSSR count). The van der Waals surface area contributed by atoms with E-state index in [9.17, 15) is 18.0 Å². The topological polar surface area (TPSA) is 41.1 Å². The molecule has 3 nitrogen and oxygen atoms in total. The maximum atomic E-state index is 12.5. The highest BCUT2D eigenvalue weighted by molar-refractivity contribution is 5.76. The third-order valence-corrected chi connectivity index (χ3v) is 2.56. The van der Waals surface area contributed by atoms with Crippen molar-refractivity contribution in [3.63, 3.8) is 0 Å². The molecule has 20 heavy (non-hydrogen) atoms. The molecule has 0 aromatic heterocycles. The van der Waals surface area contributed by atoms with E-state index in [4.69, 9.17) is 0 Å². The number of hydrogen-bond donors (Lipinski definition) is 2. The third kappa shape index (κ3) is 6.06. The number of carbonyl (C=O) groups is 1. The molecule has 0 aliphatic heterocycles. The highest BCUT2D eigenvalue weighted by atomic mass is 19.4. The first-order chi connectivity index (χ1) is 9.29. The van der Waals surface area contributed by atoms with Crippen LogP contribution in [-0.4, -0.2) is 18.5 Å². The Bertz CT molecular complexity index is 444. The van der Waals surface area contributed by atoms with Gasteiger partial charge in [-0.3, -0.25) is 4.79 Å². The maximum Gasteiger partial charge on any atom is 0.416 e. The molecule has 0 radical (unpaired) electrons. The summed E-state index contributed by atoms with van der Waals surface area (Å²) in [6, 6.07) is 5.24. The van der Waals surface area contributed by atoms with Crippen LogP contribution in [0, 0.1) is 0 Å². The van der Waals surface area contributed by atoms with Crippen LogP contribution in [0.15, 0.2) is 24.3 Å². The second-order valence-corrected chi connectivity index (χ2v) is 4.85. The van der Waals surface area contributed by atoms with Gasteiger partial charge in [0.25, 0.3) is 0 Å². The van der Waals surface area contributed by atoms with E-state index in [1.54, 1.807) is 6.07 Å². The van der Waals surface area contributed by atoms with Gasteiger partial charge in [0.15, 0.2) is 0 Å². The first-order valence-electron chi connectivity index (χ1n) is 6.45. The molecule has 6 heteroatoms. The Morgan fingerprint density at radius 3 is 2.60 bits per heavy atom. The minimum absolute atomic E-state index is 0.0726. The number of amides is 1. The van der Waals surface area contributed by atoms with Crippen LogP contribution in [0.5, 0.6) is 0 Å². The lowest BCUT2D eigenvalue weighted by molar-refractivity contribution is -0.137. The number of benzene rings is 1. The molecule has 0 spiro atoms. The van der Waals surface area contributed by atoms with Crippen LogP contribution >= 0.6 is 0 Å². The summed E-state index contributed by atoms with van der Waals surface area (Å²) in [6.45, 7) is 4.47. The summed E-state index contributed by atoms with van der Waals surface area (Å²) in [4.78, 5) is 11.4. The van der Waals surface area contributed by atoms with Gasteiger partial charge < -0.3 is 10.6 Å². The van der Waals surface area contributed by atoms with Gasteiger partial charge in [0, 0.05) is 25.6 Å². The molecule has 0 aliphatic rings. The van der Waals surface area contributed by atoms with Gasteiger partial charge in [0.05, 0.1) is 5.56 Å². The molecule has 112 valence electrons. The molecule has 2 N–H and O–H groups in total. The van der Waals surface area contributed by atoms with Crippen molar-refractivity contribution in [2.75, 3.05) is 6.54 Å².